The highest BCUT2D eigenvalue weighted by Gasteiger charge is 2.40. The number of hydrogen-bond acceptors (Lipinski definition) is 7. The minimum Gasteiger partial charge on any atom is -0.481 e. The fourth-order valence-electron chi connectivity index (χ4n) is 3.35. The minimum absolute atomic E-state index is 0.271. The first kappa shape index (κ1) is 30.4. The van der Waals surface area contributed by atoms with E-state index in [4.69, 9.17) is 29.3 Å². The van der Waals surface area contributed by atoms with Crippen molar-refractivity contribution in [3.8, 4) is 5.88 Å². The number of morpholine rings is 1. The molecule has 1 aromatic heterocycles. The Kier molecular flexibility index (Phi) is 11.2. The monoisotopic (exact) mass is 519 g/mol. The summed E-state index contributed by atoms with van der Waals surface area (Å²) in [5.74, 6) is -4.84. The van der Waals surface area contributed by atoms with E-state index in [0.717, 1.165) is 39.4 Å². The molecule has 0 aliphatic carbocycles. The Bertz CT molecular complexity index is 787. The van der Waals surface area contributed by atoms with Crippen LogP contribution in [0.5, 0.6) is 5.88 Å². The van der Waals surface area contributed by atoms with Gasteiger partial charge in [-0.25, -0.2) is 14.6 Å². The first-order valence-corrected chi connectivity index (χ1v) is 10.2. The molecule has 0 amide bonds. The number of piperidine rings is 1. The number of aromatic nitrogens is 1. The summed E-state index contributed by atoms with van der Waals surface area (Å²) in [6.45, 7) is 6.04. The van der Waals surface area contributed by atoms with Crippen LogP contribution in [0.2, 0.25) is 0 Å². The van der Waals surface area contributed by atoms with Crippen molar-refractivity contribution in [3.05, 3.63) is 23.9 Å². The molecule has 2 aliphatic heterocycles. The molecule has 0 saturated carbocycles. The number of alkyl halides is 6. The SMILES string of the molecule is COc1ccc(CN2CCC3(CC2)COCCN3C)cn1.O=C(O)C(F)(F)F.O=C(O)C(F)(F)F. The van der Waals surface area contributed by atoms with Gasteiger partial charge in [0.05, 0.1) is 20.3 Å². The third-order valence-corrected chi connectivity index (χ3v) is 5.44. The quantitative estimate of drug-likeness (QED) is 0.582. The summed E-state index contributed by atoms with van der Waals surface area (Å²) in [4.78, 5) is 27.1. The Morgan fingerprint density at radius 1 is 1.06 bits per heavy atom. The lowest BCUT2D eigenvalue weighted by Crippen LogP contribution is -2.59. The van der Waals surface area contributed by atoms with Gasteiger partial charge in [-0.15, -0.1) is 0 Å². The van der Waals surface area contributed by atoms with E-state index < -0.39 is 24.3 Å². The van der Waals surface area contributed by atoms with E-state index >= 15 is 0 Å². The van der Waals surface area contributed by atoms with E-state index in [1.54, 1.807) is 7.11 Å². The van der Waals surface area contributed by atoms with Gasteiger partial charge < -0.3 is 19.7 Å². The summed E-state index contributed by atoms with van der Waals surface area (Å²) in [5.41, 5.74) is 1.52. The average Bonchev–Trinajstić information content (AvgIpc) is 2.77. The predicted molar refractivity (Wildman–Crippen MR) is 109 cm³/mol. The van der Waals surface area contributed by atoms with Gasteiger partial charge in [0.2, 0.25) is 5.88 Å². The number of hydrogen-bond donors (Lipinski definition) is 2. The second kappa shape index (κ2) is 12.9. The van der Waals surface area contributed by atoms with Crippen molar-refractivity contribution in [1.82, 2.24) is 14.8 Å². The van der Waals surface area contributed by atoms with Crippen LogP contribution >= 0.6 is 0 Å². The maximum Gasteiger partial charge on any atom is 0.490 e. The largest absolute Gasteiger partial charge is 0.490 e. The highest BCUT2D eigenvalue weighted by Crippen LogP contribution is 2.31. The van der Waals surface area contributed by atoms with Gasteiger partial charge in [-0.05, 0) is 25.5 Å². The molecule has 1 spiro atoms. The normalized spacial score (nSPS) is 18.5. The van der Waals surface area contributed by atoms with Crippen LogP contribution in [0, 0.1) is 0 Å². The lowest BCUT2D eigenvalue weighted by atomic mass is 9.85. The smallest absolute Gasteiger partial charge is 0.481 e. The molecule has 0 radical (unpaired) electrons. The van der Waals surface area contributed by atoms with Crippen LogP contribution in [-0.2, 0) is 20.9 Å². The molecular formula is C20H27F6N3O6. The number of nitrogens with zero attached hydrogens (tertiary/aromatic N) is 3. The van der Waals surface area contributed by atoms with Crippen molar-refractivity contribution in [2.45, 2.75) is 37.3 Å². The zero-order chi connectivity index (χ0) is 26.9. The molecule has 9 nitrogen and oxygen atoms in total. The Morgan fingerprint density at radius 3 is 1.94 bits per heavy atom. The van der Waals surface area contributed by atoms with Crippen molar-refractivity contribution in [2.24, 2.45) is 0 Å². The standard InChI is InChI=1S/C16H25N3O2.2C2HF3O2/c1-18-9-10-21-13-16(18)5-7-19(8-6-16)12-14-3-4-15(20-2)17-11-14;2*3-2(4,5)1(6)7/h3-4,11H,5-10,12-13H2,1-2H3;2*(H,6,7). The van der Waals surface area contributed by atoms with Crippen LogP contribution in [0.25, 0.3) is 0 Å². The van der Waals surface area contributed by atoms with Gasteiger partial charge in [0, 0.05) is 44.0 Å². The van der Waals surface area contributed by atoms with Crippen LogP contribution in [-0.4, -0.2) is 102 Å². The lowest BCUT2D eigenvalue weighted by molar-refractivity contribution is -0.193. The van der Waals surface area contributed by atoms with Gasteiger partial charge in [0.1, 0.15) is 0 Å². The summed E-state index contributed by atoms with van der Waals surface area (Å²) >= 11 is 0. The third-order valence-electron chi connectivity index (χ3n) is 5.44. The van der Waals surface area contributed by atoms with E-state index in [9.17, 15) is 26.3 Å². The number of carbonyl (C=O) groups is 2. The highest BCUT2D eigenvalue weighted by molar-refractivity contribution is 5.73. The molecule has 35 heavy (non-hydrogen) atoms. The summed E-state index contributed by atoms with van der Waals surface area (Å²) < 4.78 is 74.3. The fourth-order valence-corrected chi connectivity index (χ4v) is 3.35. The first-order chi connectivity index (χ1) is 16.1. The zero-order valence-electron chi connectivity index (χ0n) is 19.0. The highest BCUT2D eigenvalue weighted by atomic mass is 19.4. The molecule has 2 aliphatic rings. The maximum atomic E-state index is 10.6. The molecule has 2 fully saturated rings. The Morgan fingerprint density at radius 2 is 1.57 bits per heavy atom. The molecule has 2 N–H and O–H groups in total. The molecule has 3 heterocycles. The van der Waals surface area contributed by atoms with Gasteiger partial charge >= 0.3 is 24.3 Å². The van der Waals surface area contributed by atoms with Gasteiger partial charge in [-0.2, -0.15) is 26.3 Å². The van der Waals surface area contributed by atoms with Crippen molar-refractivity contribution in [3.63, 3.8) is 0 Å². The second-order valence-electron chi connectivity index (χ2n) is 7.79. The molecule has 3 rings (SSSR count). The molecule has 2 saturated heterocycles. The predicted octanol–water partition coefficient (Wildman–Crippen LogP) is 2.65. The lowest BCUT2D eigenvalue weighted by Gasteiger charge is -2.49. The minimum atomic E-state index is -5.08. The van der Waals surface area contributed by atoms with Crippen LogP contribution in [0.1, 0.15) is 18.4 Å². The molecule has 15 heteroatoms. The second-order valence-corrected chi connectivity index (χ2v) is 7.79. The summed E-state index contributed by atoms with van der Waals surface area (Å²) in [6.07, 6.45) is -5.88. The third kappa shape index (κ3) is 10.2. The van der Waals surface area contributed by atoms with Crippen LogP contribution in [0.4, 0.5) is 26.3 Å². The van der Waals surface area contributed by atoms with Crippen molar-refractivity contribution in [1.29, 1.82) is 0 Å². The topological polar surface area (TPSA) is 112 Å². The molecule has 0 atom stereocenters. The van der Waals surface area contributed by atoms with Crippen molar-refractivity contribution >= 4 is 11.9 Å². The number of pyridine rings is 1. The number of rotatable bonds is 3. The van der Waals surface area contributed by atoms with Crippen molar-refractivity contribution < 1.29 is 55.6 Å². The van der Waals surface area contributed by atoms with Crippen LogP contribution in [0.15, 0.2) is 18.3 Å². The summed E-state index contributed by atoms with van der Waals surface area (Å²) in [7, 11) is 3.89. The van der Waals surface area contributed by atoms with Gasteiger partial charge in [0.15, 0.2) is 0 Å². The van der Waals surface area contributed by atoms with Gasteiger partial charge in [-0.3, -0.25) is 9.80 Å². The fraction of sp³-hybridized carbons (Fsp3) is 0.650. The number of aliphatic carboxylic acids is 2. The number of carboxylic acid groups (broad SMARTS) is 2. The zero-order valence-corrected chi connectivity index (χ0v) is 19.0. The number of carboxylic acids is 2. The van der Waals surface area contributed by atoms with E-state index in [-0.39, 0.29) is 5.54 Å². The molecule has 200 valence electrons. The first-order valence-electron chi connectivity index (χ1n) is 10.2. The molecular weight excluding hydrogens is 492 g/mol. The Hall–Kier alpha value is -2.65. The molecule has 1 aromatic rings. The Labute approximate surface area is 197 Å². The number of ether oxygens (including phenoxy) is 2. The molecule has 0 bridgehead atoms. The van der Waals surface area contributed by atoms with Crippen molar-refractivity contribution in [2.75, 3.05) is 47.0 Å². The molecule has 0 unspecified atom stereocenters. The van der Waals surface area contributed by atoms with E-state index in [0.29, 0.717) is 5.88 Å². The number of likely N-dealkylation sites (N-methyl/N-ethyl adjacent to an activating group) is 1. The van der Waals surface area contributed by atoms with Crippen LogP contribution in [0.3, 0.4) is 0 Å². The van der Waals surface area contributed by atoms with Gasteiger partial charge in [-0.1, -0.05) is 6.07 Å². The van der Waals surface area contributed by atoms with E-state index in [1.165, 1.54) is 18.4 Å². The van der Waals surface area contributed by atoms with Gasteiger partial charge in [0.25, 0.3) is 0 Å². The summed E-state index contributed by atoms with van der Waals surface area (Å²) in [5, 5.41) is 14.2. The maximum absolute atomic E-state index is 10.6. The van der Waals surface area contributed by atoms with E-state index in [2.05, 4.69) is 27.9 Å². The van der Waals surface area contributed by atoms with E-state index in [1.807, 2.05) is 12.3 Å². The number of halogens is 6. The van der Waals surface area contributed by atoms with Crippen LogP contribution < -0.4 is 4.74 Å². The summed E-state index contributed by atoms with van der Waals surface area (Å²) in [6, 6.07) is 4.04. The number of methoxy groups -OCH3 is 1. The number of likely N-dealkylation sites (tertiary alicyclic amines) is 1. The Balaban J connectivity index is 0.000000362. The average molecular weight is 519 g/mol. The molecule has 0 aromatic carbocycles.